The summed E-state index contributed by atoms with van der Waals surface area (Å²) in [5.74, 6) is 0.0609. The van der Waals surface area contributed by atoms with Crippen molar-refractivity contribution in [2.45, 2.75) is 43.2 Å². The summed E-state index contributed by atoms with van der Waals surface area (Å²) in [7, 11) is -1.39. The molecule has 1 amide bonds. The molecular weight excluding hydrogens is 338 g/mol. The largest absolute Gasteiger partial charge is 0.337 e. The first-order chi connectivity index (χ1) is 11.6. The molecule has 1 aliphatic carbocycles. The maximum Gasteiger partial charge on any atom is 0.235 e. The van der Waals surface area contributed by atoms with Gasteiger partial charge in [0.25, 0.3) is 0 Å². The molecule has 1 aromatic carbocycles. The van der Waals surface area contributed by atoms with Crippen LogP contribution in [0.3, 0.4) is 0 Å². The molecule has 7 heteroatoms. The van der Waals surface area contributed by atoms with Crippen molar-refractivity contribution in [1.82, 2.24) is 10.2 Å². The third kappa shape index (κ3) is 4.80. The van der Waals surface area contributed by atoms with E-state index in [4.69, 9.17) is 0 Å². The number of likely N-dealkylation sites (N-methyl/N-ethyl adjacent to an activating group) is 1. The molecule has 6 nitrogen and oxygen atoms in total. The van der Waals surface area contributed by atoms with Crippen LogP contribution >= 0.6 is 0 Å². The van der Waals surface area contributed by atoms with Gasteiger partial charge in [0.15, 0.2) is 9.84 Å². The number of hydrogen-bond donors (Lipinski definition) is 1. The first-order valence-electron chi connectivity index (χ1n) is 8.29. The van der Waals surface area contributed by atoms with Crippen molar-refractivity contribution in [2.24, 2.45) is 5.92 Å². The van der Waals surface area contributed by atoms with Gasteiger partial charge in [0.05, 0.1) is 17.5 Å². The highest BCUT2D eigenvalue weighted by molar-refractivity contribution is 7.90. The molecule has 2 atom stereocenters. The van der Waals surface area contributed by atoms with Crippen LogP contribution in [-0.2, 0) is 14.6 Å². The Balaban J connectivity index is 1.99. The Morgan fingerprint density at radius 1 is 1.40 bits per heavy atom. The highest BCUT2D eigenvalue weighted by atomic mass is 32.2. The van der Waals surface area contributed by atoms with Crippen molar-refractivity contribution < 1.29 is 13.2 Å². The Morgan fingerprint density at radius 3 is 2.40 bits per heavy atom. The minimum Gasteiger partial charge on any atom is -0.337 e. The second-order valence-electron chi connectivity index (χ2n) is 7.07. The molecule has 0 aliphatic heterocycles. The van der Waals surface area contributed by atoms with Gasteiger partial charge in [-0.25, -0.2) is 8.42 Å². The third-order valence-electron chi connectivity index (χ3n) is 4.87. The highest BCUT2D eigenvalue weighted by Gasteiger charge is 2.43. The molecule has 2 unspecified atom stereocenters. The van der Waals surface area contributed by atoms with Crippen LogP contribution < -0.4 is 5.32 Å². The zero-order valence-corrected chi connectivity index (χ0v) is 15.9. The second kappa shape index (κ2) is 7.14. The van der Waals surface area contributed by atoms with E-state index in [0.29, 0.717) is 0 Å². The minimum absolute atomic E-state index is 0.0615. The predicted molar refractivity (Wildman–Crippen MR) is 95.5 cm³/mol. The molecule has 0 bridgehead atoms. The number of nitrogens with zero attached hydrogens (tertiary/aromatic N) is 2. The number of rotatable bonds is 7. The van der Waals surface area contributed by atoms with E-state index in [0.717, 1.165) is 18.4 Å². The van der Waals surface area contributed by atoms with E-state index >= 15 is 0 Å². The Morgan fingerprint density at radius 2 is 1.96 bits per heavy atom. The van der Waals surface area contributed by atoms with Crippen molar-refractivity contribution in [3.63, 3.8) is 0 Å². The van der Waals surface area contributed by atoms with Crippen LogP contribution in [0.5, 0.6) is 0 Å². The molecule has 0 saturated heterocycles. The van der Waals surface area contributed by atoms with Crippen molar-refractivity contribution in [2.75, 3.05) is 19.8 Å². The molecule has 0 heterocycles. The van der Waals surface area contributed by atoms with E-state index in [-0.39, 0.29) is 29.3 Å². The van der Waals surface area contributed by atoms with Crippen LogP contribution in [0.1, 0.15) is 38.3 Å². The highest BCUT2D eigenvalue weighted by Crippen LogP contribution is 2.39. The first kappa shape index (κ1) is 19.4. The summed E-state index contributed by atoms with van der Waals surface area (Å²) in [5.41, 5.74) is 0.131. The summed E-state index contributed by atoms with van der Waals surface area (Å²) in [5, 5.41) is 12.2. The average molecular weight is 363 g/mol. The Bertz CT molecular complexity index is 779. The van der Waals surface area contributed by atoms with Gasteiger partial charge in [0, 0.05) is 12.3 Å². The number of carbonyl (C=O) groups excluding carboxylic acids is 1. The van der Waals surface area contributed by atoms with Crippen LogP contribution in [0.25, 0.3) is 0 Å². The van der Waals surface area contributed by atoms with Gasteiger partial charge >= 0.3 is 0 Å². The molecule has 0 radical (unpaired) electrons. The zero-order valence-electron chi connectivity index (χ0n) is 15.1. The number of benzene rings is 1. The molecule has 2 rings (SSSR count). The Labute approximate surface area is 149 Å². The van der Waals surface area contributed by atoms with Crippen LogP contribution in [-0.4, -0.2) is 44.6 Å². The second-order valence-corrected chi connectivity index (χ2v) is 9.08. The fourth-order valence-electron chi connectivity index (χ4n) is 2.82. The number of carbonyl (C=O) groups is 1. The van der Waals surface area contributed by atoms with Gasteiger partial charge < -0.3 is 5.32 Å². The van der Waals surface area contributed by atoms with Crippen molar-refractivity contribution in [3.8, 4) is 6.07 Å². The van der Waals surface area contributed by atoms with Gasteiger partial charge in [0.1, 0.15) is 5.54 Å². The molecular formula is C18H25N3O3S. The smallest absolute Gasteiger partial charge is 0.235 e. The molecule has 1 fully saturated rings. The lowest BCUT2D eigenvalue weighted by Crippen LogP contribution is -2.50. The monoisotopic (exact) mass is 363 g/mol. The van der Waals surface area contributed by atoms with Crippen molar-refractivity contribution >= 4 is 15.7 Å². The maximum atomic E-state index is 12.3. The van der Waals surface area contributed by atoms with E-state index in [1.54, 1.807) is 31.2 Å². The number of nitrogens with one attached hydrogen (secondary N) is 1. The van der Waals surface area contributed by atoms with Crippen LogP contribution in [0.15, 0.2) is 29.2 Å². The fourth-order valence-corrected chi connectivity index (χ4v) is 3.45. The van der Waals surface area contributed by atoms with E-state index in [9.17, 15) is 18.5 Å². The molecule has 1 saturated carbocycles. The zero-order chi connectivity index (χ0) is 18.8. The summed E-state index contributed by atoms with van der Waals surface area (Å²) in [6.07, 6.45) is 3.13. The summed E-state index contributed by atoms with van der Waals surface area (Å²) in [4.78, 5) is 14.4. The SMILES string of the molecule is CC(c1ccc(S(C)(=O)=O)cc1)N(C)CC(=O)NC(C)(C#N)C1CC1. The average Bonchev–Trinajstić information content (AvgIpc) is 3.38. The quantitative estimate of drug-likeness (QED) is 0.799. The molecule has 0 spiro atoms. The molecule has 1 aliphatic rings. The topological polar surface area (TPSA) is 90.3 Å². The van der Waals surface area contributed by atoms with Crippen molar-refractivity contribution in [1.29, 1.82) is 5.26 Å². The van der Waals surface area contributed by atoms with Crippen LogP contribution in [0.2, 0.25) is 0 Å². The Kier molecular flexibility index (Phi) is 5.55. The fraction of sp³-hybridized carbons (Fsp3) is 0.556. The van der Waals surface area contributed by atoms with Gasteiger partial charge in [-0.3, -0.25) is 9.69 Å². The van der Waals surface area contributed by atoms with Crippen LogP contribution in [0.4, 0.5) is 0 Å². The molecule has 1 aromatic rings. The molecule has 136 valence electrons. The number of amides is 1. The third-order valence-corrected chi connectivity index (χ3v) is 6.00. The van der Waals surface area contributed by atoms with Gasteiger partial charge in [-0.1, -0.05) is 12.1 Å². The molecule has 0 aromatic heterocycles. The van der Waals surface area contributed by atoms with Gasteiger partial charge in [-0.15, -0.1) is 0 Å². The lowest BCUT2D eigenvalue weighted by Gasteiger charge is -2.28. The van der Waals surface area contributed by atoms with Gasteiger partial charge in [-0.2, -0.15) is 5.26 Å². The van der Waals surface area contributed by atoms with E-state index < -0.39 is 15.4 Å². The summed E-state index contributed by atoms with van der Waals surface area (Å²) >= 11 is 0. The standard InChI is InChI=1S/C18H25N3O3S/c1-13(14-5-9-16(10-6-14)25(4,23)24)21(3)11-17(22)20-18(2,12-19)15-7-8-15/h5-6,9-10,13,15H,7-8,11H2,1-4H3,(H,20,22). The minimum atomic E-state index is -3.22. The Hall–Kier alpha value is -1.91. The van der Waals surface area contributed by atoms with E-state index in [1.165, 1.54) is 6.26 Å². The summed E-state index contributed by atoms with van der Waals surface area (Å²) in [6.45, 7) is 3.89. The van der Waals surface area contributed by atoms with E-state index in [1.807, 2.05) is 18.9 Å². The van der Waals surface area contributed by atoms with E-state index in [2.05, 4.69) is 11.4 Å². The summed E-state index contributed by atoms with van der Waals surface area (Å²) < 4.78 is 23.1. The summed E-state index contributed by atoms with van der Waals surface area (Å²) in [6, 6.07) is 8.84. The van der Waals surface area contributed by atoms with Crippen molar-refractivity contribution in [3.05, 3.63) is 29.8 Å². The number of nitriles is 1. The number of hydrogen-bond acceptors (Lipinski definition) is 5. The van der Waals surface area contributed by atoms with Gasteiger partial charge in [-0.05, 0) is 57.4 Å². The normalized spacial score (nSPS) is 18.2. The van der Waals surface area contributed by atoms with Crippen LogP contribution in [0, 0.1) is 17.2 Å². The lowest BCUT2D eigenvalue weighted by molar-refractivity contribution is -0.123. The maximum absolute atomic E-state index is 12.3. The first-order valence-corrected chi connectivity index (χ1v) is 10.2. The number of sulfone groups is 1. The van der Waals surface area contributed by atoms with Gasteiger partial charge in [0.2, 0.25) is 5.91 Å². The molecule has 1 N–H and O–H groups in total. The predicted octanol–water partition coefficient (Wildman–Crippen LogP) is 1.89. The molecule has 25 heavy (non-hydrogen) atoms. The lowest BCUT2D eigenvalue weighted by atomic mass is 9.98.